The molecule has 78 valence electrons. The summed E-state index contributed by atoms with van der Waals surface area (Å²) < 4.78 is 13.8. The van der Waals surface area contributed by atoms with Gasteiger partial charge in [-0.05, 0) is 31.7 Å². The van der Waals surface area contributed by atoms with E-state index in [0.29, 0.717) is 18.0 Å². The van der Waals surface area contributed by atoms with Crippen molar-refractivity contribution in [3.8, 4) is 0 Å². The second-order valence-electron chi connectivity index (χ2n) is 3.75. The molecule has 1 N–H and O–H groups in total. The van der Waals surface area contributed by atoms with E-state index in [1.165, 1.54) is 0 Å². The van der Waals surface area contributed by atoms with Gasteiger partial charge in [0.1, 0.15) is 5.67 Å². The highest BCUT2D eigenvalue weighted by atomic mass is 35.5. The number of nitrogens with one attached hydrogen (secondary N) is 1. The summed E-state index contributed by atoms with van der Waals surface area (Å²) in [6.45, 7) is 1.93. The van der Waals surface area contributed by atoms with Gasteiger partial charge in [0.25, 0.3) is 0 Å². The molecule has 0 aliphatic heterocycles. The van der Waals surface area contributed by atoms with E-state index >= 15 is 0 Å². The van der Waals surface area contributed by atoms with E-state index in [-0.39, 0.29) is 0 Å². The predicted molar refractivity (Wildman–Crippen MR) is 58.6 cm³/mol. The zero-order chi connectivity index (χ0) is 10.6. The third kappa shape index (κ3) is 3.64. The van der Waals surface area contributed by atoms with Crippen LogP contribution in [-0.4, -0.2) is 19.3 Å². The van der Waals surface area contributed by atoms with E-state index in [1.54, 1.807) is 26.1 Å². The summed E-state index contributed by atoms with van der Waals surface area (Å²) in [6.07, 6.45) is 0.383. The molecule has 0 fully saturated rings. The lowest BCUT2D eigenvalue weighted by Gasteiger charge is -2.19. The Hall–Kier alpha value is -0.600. The van der Waals surface area contributed by atoms with Crippen LogP contribution in [0.5, 0.6) is 0 Å². The summed E-state index contributed by atoms with van der Waals surface area (Å²) in [5.41, 5.74) is -0.294. The zero-order valence-corrected chi connectivity index (χ0v) is 9.24. The molecule has 0 amide bonds. The van der Waals surface area contributed by atoms with Crippen LogP contribution < -0.4 is 5.32 Å². The number of hydrogen-bond donors (Lipinski definition) is 1. The molecular formula is C11H15ClFN. The molecule has 1 aromatic rings. The van der Waals surface area contributed by atoms with Crippen LogP contribution >= 0.6 is 11.6 Å². The molecule has 0 aromatic heterocycles. The summed E-state index contributed by atoms with van der Waals surface area (Å²) in [7, 11) is 1.75. The number of benzene rings is 1. The van der Waals surface area contributed by atoms with Crippen molar-refractivity contribution in [3.63, 3.8) is 0 Å². The third-order valence-corrected chi connectivity index (χ3v) is 2.24. The first-order valence-electron chi connectivity index (χ1n) is 4.61. The number of halogens is 2. The number of rotatable bonds is 4. The van der Waals surface area contributed by atoms with Crippen molar-refractivity contribution in [2.24, 2.45) is 0 Å². The number of hydrogen-bond acceptors (Lipinski definition) is 1. The van der Waals surface area contributed by atoms with E-state index in [0.717, 1.165) is 5.56 Å². The summed E-state index contributed by atoms with van der Waals surface area (Å²) in [5, 5.41) is 3.49. The Morgan fingerprint density at radius 2 is 2.21 bits per heavy atom. The maximum Gasteiger partial charge on any atom is 0.124 e. The average molecular weight is 216 g/mol. The minimum absolute atomic E-state index is 0.347. The Morgan fingerprint density at radius 3 is 2.79 bits per heavy atom. The molecule has 14 heavy (non-hydrogen) atoms. The van der Waals surface area contributed by atoms with Gasteiger partial charge in [-0.15, -0.1) is 0 Å². The fraction of sp³-hybridized carbons (Fsp3) is 0.455. The maximum atomic E-state index is 13.8. The van der Waals surface area contributed by atoms with E-state index in [2.05, 4.69) is 5.32 Å². The van der Waals surface area contributed by atoms with Crippen molar-refractivity contribution in [3.05, 3.63) is 34.9 Å². The first kappa shape index (κ1) is 11.5. The average Bonchev–Trinajstić information content (AvgIpc) is 2.02. The Balaban J connectivity index is 2.68. The van der Waals surface area contributed by atoms with Crippen molar-refractivity contribution in [1.82, 2.24) is 5.32 Å². The molecule has 3 heteroatoms. The highest BCUT2D eigenvalue weighted by Gasteiger charge is 2.22. The summed E-state index contributed by atoms with van der Waals surface area (Å²) >= 11 is 5.81. The highest BCUT2D eigenvalue weighted by Crippen LogP contribution is 2.19. The summed E-state index contributed by atoms with van der Waals surface area (Å²) in [6, 6.07) is 7.32. The normalized spacial score (nSPS) is 15.1. The fourth-order valence-electron chi connectivity index (χ4n) is 1.50. The molecule has 1 aromatic carbocycles. The van der Waals surface area contributed by atoms with E-state index in [4.69, 9.17) is 11.6 Å². The molecule has 1 nitrogen and oxygen atoms in total. The molecule has 0 aliphatic carbocycles. The number of alkyl halides is 1. The van der Waals surface area contributed by atoms with Crippen LogP contribution in [0.3, 0.4) is 0 Å². The standard InChI is InChI=1S/C11H15ClFN/c1-11(13,8-14-2)7-9-4-3-5-10(12)6-9/h3-6,14H,7-8H2,1-2H3. The van der Waals surface area contributed by atoms with E-state index in [1.807, 2.05) is 12.1 Å². The van der Waals surface area contributed by atoms with Crippen molar-refractivity contribution in [2.45, 2.75) is 19.0 Å². The Kier molecular flexibility index (Phi) is 3.90. The van der Waals surface area contributed by atoms with Gasteiger partial charge in [0, 0.05) is 18.0 Å². The minimum atomic E-state index is -1.22. The van der Waals surface area contributed by atoms with Crippen molar-refractivity contribution >= 4 is 11.6 Å². The van der Waals surface area contributed by atoms with Crippen LogP contribution in [0.25, 0.3) is 0 Å². The van der Waals surface area contributed by atoms with Gasteiger partial charge >= 0.3 is 0 Å². The van der Waals surface area contributed by atoms with Gasteiger partial charge in [0.15, 0.2) is 0 Å². The zero-order valence-electron chi connectivity index (χ0n) is 8.48. The molecule has 1 atom stereocenters. The molecule has 0 saturated heterocycles. The van der Waals surface area contributed by atoms with Gasteiger partial charge < -0.3 is 5.32 Å². The largest absolute Gasteiger partial charge is 0.317 e. The van der Waals surface area contributed by atoms with Gasteiger partial charge in [-0.3, -0.25) is 0 Å². The Labute approximate surface area is 89.3 Å². The topological polar surface area (TPSA) is 12.0 Å². The summed E-state index contributed by atoms with van der Waals surface area (Å²) in [5.74, 6) is 0. The first-order chi connectivity index (χ1) is 6.53. The van der Waals surface area contributed by atoms with E-state index in [9.17, 15) is 4.39 Å². The monoisotopic (exact) mass is 215 g/mol. The van der Waals surface area contributed by atoms with Crippen LogP contribution in [0.15, 0.2) is 24.3 Å². The molecule has 0 spiro atoms. The predicted octanol–water partition coefficient (Wildman–Crippen LogP) is 2.83. The first-order valence-corrected chi connectivity index (χ1v) is 4.99. The quantitative estimate of drug-likeness (QED) is 0.815. The van der Waals surface area contributed by atoms with Gasteiger partial charge in [0.2, 0.25) is 0 Å². The van der Waals surface area contributed by atoms with Crippen LogP contribution in [0.2, 0.25) is 5.02 Å². The fourth-order valence-corrected chi connectivity index (χ4v) is 1.72. The molecule has 0 aliphatic rings. The van der Waals surface area contributed by atoms with Crippen LogP contribution in [0, 0.1) is 0 Å². The molecule has 0 heterocycles. The lowest BCUT2D eigenvalue weighted by Crippen LogP contribution is -2.33. The molecule has 0 saturated carbocycles. The van der Waals surface area contributed by atoms with Crippen LogP contribution in [-0.2, 0) is 6.42 Å². The highest BCUT2D eigenvalue weighted by molar-refractivity contribution is 6.30. The second-order valence-corrected chi connectivity index (χ2v) is 4.19. The van der Waals surface area contributed by atoms with E-state index < -0.39 is 5.67 Å². The van der Waals surface area contributed by atoms with Crippen LogP contribution in [0.4, 0.5) is 4.39 Å². The third-order valence-electron chi connectivity index (χ3n) is 2.01. The van der Waals surface area contributed by atoms with Crippen molar-refractivity contribution in [1.29, 1.82) is 0 Å². The minimum Gasteiger partial charge on any atom is -0.317 e. The molecule has 0 radical (unpaired) electrons. The SMILES string of the molecule is CNCC(C)(F)Cc1cccc(Cl)c1. The van der Waals surface area contributed by atoms with Gasteiger partial charge in [0.05, 0.1) is 0 Å². The molecule has 1 rings (SSSR count). The lowest BCUT2D eigenvalue weighted by molar-refractivity contribution is 0.188. The second kappa shape index (κ2) is 4.76. The molecule has 0 bridgehead atoms. The smallest absolute Gasteiger partial charge is 0.124 e. The molecule has 1 unspecified atom stereocenters. The van der Waals surface area contributed by atoms with Gasteiger partial charge in [-0.1, -0.05) is 23.7 Å². The Morgan fingerprint density at radius 1 is 1.50 bits per heavy atom. The van der Waals surface area contributed by atoms with Crippen molar-refractivity contribution in [2.75, 3.05) is 13.6 Å². The molecular weight excluding hydrogens is 201 g/mol. The van der Waals surface area contributed by atoms with Crippen molar-refractivity contribution < 1.29 is 4.39 Å². The maximum absolute atomic E-state index is 13.8. The lowest BCUT2D eigenvalue weighted by atomic mass is 9.98. The van der Waals surface area contributed by atoms with Crippen LogP contribution in [0.1, 0.15) is 12.5 Å². The van der Waals surface area contributed by atoms with Gasteiger partial charge in [-0.25, -0.2) is 4.39 Å². The summed E-state index contributed by atoms with van der Waals surface area (Å²) in [4.78, 5) is 0. The Bertz CT molecular complexity index is 299. The van der Waals surface area contributed by atoms with Gasteiger partial charge in [-0.2, -0.15) is 0 Å².